The molecule has 0 aliphatic carbocycles. The molecule has 7 heteroatoms. The number of hydrogen-bond donors (Lipinski definition) is 1. The van der Waals surface area contributed by atoms with Gasteiger partial charge in [0.15, 0.2) is 28.0 Å². The molecule has 17 heavy (non-hydrogen) atoms. The first kappa shape index (κ1) is 13.4. The van der Waals surface area contributed by atoms with Gasteiger partial charge in [0, 0.05) is 0 Å². The van der Waals surface area contributed by atoms with E-state index in [0.717, 1.165) is 12.1 Å². The summed E-state index contributed by atoms with van der Waals surface area (Å²) in [5.41, 5.74) is 0. The molecule has 1 N–H and O–H groups in total. The fraction of sp³-hybridized carbons (Fsp3) is 0.300. The molecule has 0 spiro atoms. The molecule has 0 unspecified atom stereocenters. The van der Waals surface area contributed by atoms with Gasteiger partial charge in [-0.25, -0.2) is 17.6 Å². The first-order valence-corrected chi connectivity index (χ1v) is 6.39. The average molecular weight is 262 g/mol. The summed E-state index contributed by atoms with van der Waals surface area (Å²) in [6, 6.07) is 3.09. The smallest absolute Gasteiger partial charge is 0.341 e. The minimum Gasteiger partial charge on any atom is -0.479 e. The molecular weight excluding hydrogens is 251 g/mol. The van der Waals surface area contributed by atoms with E-state index in [1.807, 2.05) is 0 Å². The number of rotatable bonds is 5. The van der Waals surface area contributed by atoms with Gasteiger partial charge in [-0.05, 0) is 18.2 Å². The summed E-state index contributed by atoms with van der Waals surface area (Å²) in [7, 11) is -3.48. The van der Waals surface area contributed by atoms with Crippen LogP contribution in [0.2, 0.25) is 0 Å². The van der Waals surface area contributed by atoms with Gasteiger partial charge in [0.25, 0.3) is 0 Å². The van der Waals surface area contributed by atoms with E-state index in [1.54, 1.807) is 0 Å². The van der Waals surface area contributed by atoms with Crippen molar-refractivity contribution in [2.75, 3.05) is 12.4 Å². The Morgan fingerprint density at radius 2 is 2.12 bits per heavy atom. The summed E-state index contributed by atoms with van der Waals surface area (Å²) < 4.78 is 40.9. The zero-order valence-electron chi connectivity index (χ0n) is 9.01. The number of sulfone groups is 1. The lowest BCUT2D eigenvalue weighted by Crippen LogP contribution is -2.11. The predicted molar refractivity (Wildman–Crippen MR) is 57.3 cm³/mol. The standard InChI is InChI=1S/C10H11FO5S/c1-2-17(14,15)7-3-4-9(8(11)5-7)16-6-10(12)13/h3-5H,2,6H2,1H3,(H,12,13). The maximum atomic E-state index is 13.4. The van der Waals surface area contributed by atoms with Gasteiger partial charge in [-0.3, -0.25) is 0 Å². The van der Waals surface area contributed by atoms with Gasteiger partial charge < -0.3 is 9.84 Å². The normalized spacial score (nSPS) is 11.2. The molecule has 0 aromatic heterocycles. The number of benzene rings is 1. The van der Waals surface area contributed by atoms with Crippen LogP contribution in [0.15, 0.2) is 23.1 Å². The van der Waals surface area contributed by atoms with E-state index in [9.17, 15) is 17.6 Å². The van der Waals surface area contributed by atoms with Crippen molar-refractivity contribution in [2.45, 2.75) is 11.8 Å². The lowest BCUT2D eigenvalue weighted by molar-refractivity contribution is -0.139. The van der Waals surface area contributed by atoms with Gasteiger partial charge in [0.2, 0.25) is 0 Å². The van der Waals surface area contributed by atoms with Crippen LogP contribution in [-0.2, 0) is 14.6 Å². The van der Waals surface area contributed by atoms with Crippen molar-refractivity contribution >= 4 is 15.8 Å². The molecule has 0 saturated carbocycles. The Bertz CT molecular complexity index is 523. The summed E-state index contributed by atoms with van der Waals surface area (Å²) in [5, 5.41) is 8.34. The highest BCUT2D eigenvalue weighted by molar-refractivity contribution is 7.91. The Balaban J connectivity index is 2.98. The van der Waals surface area contributed by atoms with Crippen molar-refractivity contribution in [3.63, 3.8) is 0 Å². The summed E-state index contributed by atoms with van der Waals surface area (Å²) in [5.74, 6) is -2.57. The number of carbonyl (C=O) groups is 1. The molecule has 1 aromatic carbocycles. The Kier molecular flexibility index (Phi) is 4.06. The van der Waals surface area contributed by atoms with Crippen LogP contribution in [0.3, 0.4) is 0 Å². The lowest BCUT2D eigenvalue weighted by atomic mass is 10.3. The van der Waals surface area contributed by atoms with Crippen molar-refractivity contribution < 1.29 is 27.4 Å². The van der Waals surface area contributed by atoms with Gasteiger partial charge in [-0.1, -0.05) is 6.92 Å². The number of ether oxygens (including phenoxy) is 1. The molecular formula is C10H11FO5S. The van der Waals surface area contributed by atoms with Crippen LogP contribution < -0.4 is 4.74 Å². The van der Waals surface area contributed by atoms with Crippen molar-refractivity contribution in [2.24, 2.45) is 0 Å². The second-order valence-corrected chi connectivity index (χ2v) is 5.46. The minimum absolute atomic E-state index is 0.137. The molecule has 1 rings (SSSR count). The number of aliphatic carboxylic acids is 1. The summed E-state index contributed by atoms with van der Waals surface area (Å²) in [4.78, 5) is 10.1. The highest BCUT2D eigenvalue weighted by Gasteiger charge is 2.15. The monoisotopic (exact) mass is 262 g/mol. The third-order valence-corrected chi connectivity index (χ3v) is 3.73. The van der Waals surface area contributed by atoms with E-state index in [4.69, 9.17) is 5.11 Å². The van der Waals surface area contributed by atoms with Crippen LogP contribution in [-0.4, -0.2) is 31.9 Å². The predicted octanol–water partition coefficient (Wildman–Crippen LogP) is 1.08. The molecule has 0 saturated heterocycles. The maximum absolute atomic E-state index is 13.4. The second-order valence-electron chi connectivity index (χ2n) is 3.18. The van der Waals surface area contributed by atoms with Crippen LogP contribution in [0.5, 0.6) is 5.75 Å². The highest BCUT2D eigenvalue weighted by Crippen LogP contribution is 2.21. The van der Waals surface area contributed by atoms with E-state index >= 15 is 0 Å². The topological polar surface area (TPSA) is 80.7 Å². The van der Waals surface area contributed by atoms with Gasteiger partial charge in [0.05, 0.1) is 10.6 Å². The van der Waals surface area contributed by atoms with Gasteiger partial charge in [-0.15, -0.1) is 0 Å². The molecule has 0 amide bonds. The molecule has 0 radical (unpaired) electrons. The van der Waals surface area contributed by atoms with Crippen LogP contribution in [0, 0.1) is 5.82 Å². The van der Waals surface area contributed by atoms with Crippen molar-refractivity contribution in [3.05, 3.63) is 24.0 Å². The van der Waals surface area contributed by atoms with Gasteiger partial charge >= 0.3 is 5.97 Å². The molecule has 0 bridgehead atoms. The summed E-state index contributed by atoms with van der Waals surface area (Å²) in [6.07, 6.45) is 0. The molecule has 1 aromatic rings. The lowest BCUT2D eigenvalue weighted by Gasteiger charge is -2.06. The summed E-state index contributed by atoms with van der Waals surface area (Å²) in [6.45, 7) is 0.763. The van der Waals surface area contributed by atoms with E-state index in [0.29, 0.717) is 0 Å². The highest BCUT2D eigenvalue weighted by atomic mass is 32.2. The molecule has 94 valence electrons. The number of carboxylic acids is 1. The quantitative estimate of drug-likeness (QED) is 0.858. The zero-order valence-corrected chi connectivity index (χ0v) is 9.83. The molecule has 0 aliphatic rings. The molecule has 5 nitrogen and oxygen atoms in total. The Morgan fingerprint density at radius 3 is 2.59 bits per heavy atom. The SMILES string of the molecule is CCS(=O)(=O)c1ccc(OCC(=O)O)c(F)c1. The van der Waals surface area contributed by atoms with E-state index in [1.165, 1.54) is 13.0 Å². The third-order valence-electron chi connectivity index (χ3n) is 1.99. The Morgan fingerprint density at radius 1 is 1.47 bits per heavy atom. The number of halogens is 1. The molecule has 0 aliphatic heterocycles. The number of carboxylic acid groups (broad SMARTS) is 1. The van der Waals surface area contributed by atoms with E-state index < -0.39 is 28.2 Å². The summed E-state index contributed by atoms with van der Waals surface area (Å²) >= 11 is 0. The van der Waals surface area contributed by atoms with E-state index in [2.05, 4.69) is 4.74 Å². The molecule has 0 atom stereocenters. The van der Waals surface area contributed by atoms with Crippen LogP contribution >= 0.6 is 0 Å². The van der Waals surface area contributed by atoms with Gasteiger partial charge in [-0.2, -0.15) is 0 Å². The molecule has 0 heterocycles. The first-order valence-electron chi connectivity index (χ1n) is 4.73. The molecule has 0 fully saturated rings. The van der Waals surface area contributed by atoms with Crippen LogP contribution in [0.25, 0.3) is 0 Å². The minimum atomic E-state index is -3.48. The fourth-order valence-electron chi connectivity index (χ4n) is 1.10. The van der Waals surface area contributed by atoms with Crippen LogP contribution in [0.4, 0.5) is 4.39 Å². The van der Waals surface area contributed by atoms with Crippen molar-refractivity contribution in [1.29, 1.82) is 0 Å². The van der Waals surface area contributed by atoms with Crippen molar-refractivity contribution in [3.8, 4) is 5.75 Å². The van der Waals surface area contributed by atoms with Crippen LogP contribution in [0.1, 0.15) is 6.92 Å². The third kappa shape index (κ3) is 3.42. The van der Waals surface area contributed by atoms with Crippen molar-refractivity contribution in [1.82, 2.24) is 0 Å². The Hall–Kier alpha value is -1.63. The fourth-order valence-corrected chi connectivity index (χ4v) is 1.99. The second kappa shape index (κ2) is 5.13. The number of hydrogen-bond acceptors (Lipinski definition) is 4. The maximum Gasteiger partial charge on any atom is 0.341 e. The largest absolute Gasteiger partial charge is 0.479 e. The first-order chi connectivity index (χ1) is 7.86. The van der Waals surface area contributed by atoms with E-state index in [-0.39, 0.29) is 16.4 Å². The van der Waals surface area contributed by atoms with Gasteiger partial charge in [0.1, 0.15) is 0 Å². The Labute approximate surface area is 97.8 Å². The average Bonchev–Trinajstić information content (AvgIpc) is 2.27. The zero-order chi connectivity index (χ0) is 13.1.